The van der Waals surface area contributed by atoms with E-state index in [4.69, 9.17) is 15.0 Å². The van der Waals surface area contributed by atoms with Gasteiger partial charge in [0.1, 0.15) is 6.42 Å². The van der Waals surface area contributed by atoms with Gasteiger partial charge in [0.2, 0.25) is 0 Å². The number of aromatic nitrogens is 1. The van der Waals surface area contributed by atoms with E-state index in [1.54, 1.807) is 25.1 Å². The molecule has 1 heterocycles. The molecule has 0 spiro atoms. The highest BCUT2D eigenvalue weighted by Crippen LogP contribution is 2.20. The Balaban J connectivity index is 2.14. The van der Waals surface area contributed by atoms with Gasteiger partial charge in [0, 0.05) is 5.56 Å². The van der Waals surface area contributed by atoms with Gasteiger partial charge in [-0.25, -0.2) is 0 Å². The number of hydrogen-bond acceptors (Lipinski definition) is 5. The summed E-state index contributed by atoms with van der Waals surface area (Å²) in [5.74, 6) is 5.62. The summed E-state index contributed by atoms with van der Waals surface area (Å²) in [6, 6.07) is 5.30. The number of nitrogen functional groups attached to an aromatic ring is 1. The molecule has 2 rings (SSSR count). The van der Waals surface area contributed by atoms with Crippen LogP contribution in [0, 0.1) is 11.8 Å². The molecular weight excluding hydrogens is 232 g/mol. The average molecular weight is 244 g/mol. The zero-order valence-corrected chi connectivity index (χ0v) is 9.90. The zero-order valence-electron chi connectivity index (χ0n) is 9.90. The first kappa shape index (κ1) is 12.0. The van der Waals surface area contributed by atoms with E-state index >= 15 is 0 Å². The number of rotatable bonds is 2. The van der Waals surface area contributed by atoms with Crippen molar-refractivity contribution in [1.29, 1.82) is 0 Å². The van der Waals surface area contributed by atoms with Crippen molar-refractivity contribution in [3.05, 3.63) is 23.8 Å². The molecule has 0 saturated carbocycles. The Morgan fingerprint density at radius 3 is 3.17 bits per heavy atom. The molecule has 0 fully saturated rings. The van der Waals surface area contributed by atoms with Gasteiger partial charge in [0.05, 0.1) is 12.0 Å². The summed E-state index contributed by atoms with van der Waals surface area (Å²) >= 11 is 0. The molecule has 0 bridgehead atoms. The Morgan fingerprint density at radius 1 is 1.56 bits per heavy atom. The van der Waals surface area contributed by atoms with Crippen LogP contribution in [0.3, 0.4) is 0 Å². The summed E-state index contributed by atoms with van der Waals surface area (Å²) in [4.78, 5) is 11.1. The third kappa shape index (κ3) is 2.61. The number of nitrogens with two attached hydrogens (primary N) is 1. The van der Waals surface area contributed by atoms with Gasteiger partial charge in [0.25, 0.3) is 0 Å². The largest absolute Gasteiger partial charge is 0.465 e. The highest BCUT2D eigenvalue weighted by molar-refractivity contribution is 5.88. The summed E-state index contributed by atoms with van der Waals surface area (Å²) in [5, 5.41) is 4.37. The first-order valence-corrected chi connectivity index (χ1v) is 5.50. The minimum absolute atomic E-state index is 0.0744. The molecule has 0 amide bonds. The monoisotopic (exact) mass is 244 g/mol. The quantitative estimate of drug-likeness (QED) is 0.642. The molecule has 0 atom stereocenters. The minimum Gasteiger partial charge on any atom is -0.465 e. The van der Waals surface area contributed by atoms with Crippen molar-refractivity contribution in [2.75, 3.05) is 12.3 Å². The topological polar surface area (TPSA) is 78.3 Å². The molecule has 0 unspecified atom stereocenters. The summed E-state index contributed by atoms with van der Waals surface area (Å²) in [7, 11) is 0. The lowest BCUT2D eigenvalue weighted by Gasteiger charge is -1.95. The van der Waals surface area contributed by atoms with Crippen molar-refractivity contribution >= 4 is 22.8 Å². The molecule has 5 heteroatoms. The molecule has 2 aromatic rings. The molecule has 0 radical (unpaired) electrons. The maximum atomic E-state index is 11.1. The Morgan fingerprint density at radius 2 is 2.39 bits per heavy atom. The smallest absolute Gasteiger partial charge is 0.317 e. The number of ether oxygens (including phenoxy) is 1. The van der Waals surface area contributed by atoms with E-state index < -0.39 is 0 Å². The van der Waals surface area contributed by atoms with Crippen LogP contribution in [0.2, 0.25) is 0 Å². The summed E-state index contributed by atoms with van der Waals surface area (Å²) < 4.78 is 9.75. The number of esters is 1. The van der Waals surface area contributed by atoms with Gasteiger partial charge in [-0.15, -0.1) is 0 Å². The van der Waals surface area contributed by atoms with Gasteiger partial charge in [-0.2, -0.15) is 0 Å². The molecule has 92 valence electrons. The number of hydrogen-bond donors (Lipinski definition) is 1. The fourth-order valence-electron chi connectivity index (χ4n) is 1.47. The van der Waals surface area contributed by atoms with Gasteiger partial charge in [-0.05, 0) is 25.1 Å². The van der Waals surface area contributed by atoms with Gasteiger partial charge >= 0.3 is 5.97 Å². The second kappa shape index (κ2) is 5.23. The highest BCUT2D eigenvalue weighted by atomic mass is 16.5. The van der Waals surface area contributed by atoms with Gasteiger partial charge in [-0.1, -0.05) is 17.0 Å². The Bertz CT molecular complexity index is 634. The number of fused-ring (bicyclic) bond motifs is 1. The van der Waals surface area contributed by atoms with Crippen molar-refractivity contribution in [2.45, 2.75) is 13.3 Å². The second-order valence-corrected chi connectivity index (χ2v) is 3.56. The first-order valence-electron chi connectivity index (χ1n) is 5.50. The summed E-state index contributed by atoms with van der Waals surface area (Å²) in [6.45, 7) is 2.12. The molecule has 5 nitrogen and oxygen atoms in total. The SMILES string of the molecule is CCOC(=O)CC#Cc1ccc2onc(N)c2c1. The number of carbonyl (C=O) groups excluding carboxylic acids is 1. The lowest BCUT2D eigenvalue weighted by atomic mass is 10.1. The van der Waals surface area contributed by atoms with Crippen LogP contribution in [0.5, 0.6) is 0 Å². The lowest BCUT2D eigenvalue weighted by Crippen LogP contribution is -2.01. The van der Waals surface area contributed by atoms with Crippen LogP contribution in [0.4, 0.5) is 5.82 Å². The van der Waals surface area contributed by atoms with Crippen LogP contribution in [0.25, 0.3) is 11.0 Å². The predicted molar refractivity (Wildman–Crippen MR) is 66.5 cm³/mol. The van der Waals surface area contributed by atoms with Crippen molar-refractivity contribution in [3.8, 4) is 11.8 Å². The van der Waals surface area contributed by atoms with E-state index in [9.17, 15) is 4.79 Å². The Kier molecular flexibility index (Phi) is 3.49. The summed E-state index contributed by atoms with van der Waals surface area (Å²) in [5.41, 5.74) is 7.00. The molecule has 0 saturated heterocycles. The Hall–Kier alpha value is -2.48. The maximum absolute atomic E-state index is 11.1. The van der Waals surface area contributed by atoms with Crippen LogP contribution in [-0.2, 0) is 9.53 Å². The standard InChI is InChI=1S/C13H12N2O3/c1-2-17-12(16)5-3-4-9-6-7-11-10(8-9)13(14)15-18-11/h6-8H,2,5H2,1H3,(H2,14,15). The van der Waals surface area contributed by atoms with E-state index in [0.29, 0.717) is 18.0 Å². The van der Waals surface area contributed by atoms with E-state index in [1.807, 2.05) is 0 Å². The molecule has 1 aromatic carbocycles. The van der Waals surface area contributed by atoms with Crippen LogP contribution >= 0.6 is 0 Å². The number of carbonyl (C=O) groups is 1. The number of anilines is 1. The molecule has 1 aromatic heterocycles. The molecule has 0 aliphatic carbocycles. The predicted octanol–water partition coefficient (Wildman–Crippen LogP) is 1.71. The van der Waals surface area contributed by atoms with Crippen molar-refractivity contribution in [2.24, 2.45) is 0 Å². The number of benzene rings is 1. The Labute approximate surface area is 104 Å². The van der Waals surface area contributed by atoms with Crippen molar-refractivity contribution < 1.29 is 14.1 Å². The van der Waals surface area contributed by atoms with Crippen LogP contribution in [-0.4, -0.2) is 17.7 Å². The normalized spacial score (nSPS) is 9.83. The van der Waals surface area contributed by atoms with Crippen molar-refractivity contribution in [3.63, 3.8) is 0 Å². The van der Waals surface area contributed by atoms with Gasteiger partial charge in [0.15, 0.2) is 11.4 Å². The third-order valence-corrected chi connectivity index (χ3v) is 2.27. The zero-order chi connectivity index (χ0) is 13.0. The maximum Gasteiger partial charge on any atom is 0.317 e. The molecule has 0 aliphatic rings. The third-order valence-electron chi connectivity index (χ3n) is 2.27. The molecular formula is C13H12N2O3. The molecule has 18 heavy (non-hydrogen) atoms. The minimum atomic E-state index is -0.324. The van der Waals surface area contributed by atoms with E-state index in [2.05, 4.69) is 17.0 Å². The van der Waals surface area contributed by atoms with Crippen LogP contribution in [0.15, 0.2) is 22.7 Å². The fraction of sp³-hybridized carbons (Fsp3) is 0.231. The van der Waals surface area contributed by atoms with Crippen LogP contribution in [0.1, 0.15) is 18.9 Å². The number of nitrogens with zero attached hydrogens (tertiary/aromatic N) is 1. The first-order chi connectivity index (χ1) is 8.70. The molecule has 2 N–H and O–H groups in total. The second-order valence-electron chi connectivity index (χ2n) is 3.56. The van der Waals surface area contributed by atoms with E-state index in [-0.39, 0.29) is 12.4 Å². The van der Waals surface area contributed by atoms with Crippen molar-refractivity contribution in [1.82, 2.24) is 5.16 Å². The van der Waals surface area contributed by atoms with Gasteiger partial charge < -0.3 is 15.0 Å². The molecule has 0 aliphatic heterocycles. The highest BCUT2D eigenvalue weighted by Gasteiger charge is 2.04. The fourth-order valence-corrected chi connectivity index (χ4v) is 1.47. The summed E-state index contributed by atoms with van der Waals surface area (Å²) in [6.07, 6.45) is 0.0744. The van der Waals surface area contributed by atoms with Gasteiger partial charge in [-0.3, -0.25) is 4.79 Å². The average Bonchev–Trinajstić information content (AvgIpc) is 2.71. The van der Waals surface area contributed by atoms with E-state index in [1.165, 1.54) is 0 Å². The lowest BCUT2D eigenvalue weighted by molar-refractivity contribution is -0.141. The van der Waals surface area contributed by atoms with Crippen LogP contribution < -0.4 is 5.73 Å². The van der Waals surface area contributed by atoms with E-state index in [0.717, 1.165) is 10.9 Å².